The van der Waals surface area contributed by atoms with E-state index in [-0.39, 0.29) is 24.4 Å². The second-order valence-electron chi connectivity index (χ2n) is 8.24. The van der Waals surface area contributed by atoms with Crippen molar-refractivity contribution < 1.29 is 9.59 Å². The summed E-state index contributed by atoms with van der Waals surface area (Å²) < 4.78 is 2.10. The van der Waals surface area contributed by atoms with E-state index in [2.05, 4.69) is 11.5 Å². The topological polar surface area (TPSA) is 45.6 Å². The van der Waals surface area contributed by atoms with Gasteiger partial charge in [0.2, 0.25) is 11.8 Å². The minimum absolute atomic E-state index is 0.0397. The Balaban J connectivity index is 1.79. The van der Waals surface area contributed by atoms with Crippen LogP contribution in [0.15, 0.2) is 66.9 Å². The van der Waals surface area contributed by atoms with E-state index in [4.69, 9.17) is 23.2 Å². The molecule has 0 fully saturated rings. The van der Waals surface area contributed by atoms with E-state index in [1.807, 2.05) is 66.9 Å². The molecule has 0 spiro atoms. The summed E-state index contributed by atoms with van der Waals surface area (Å²) in [6.45, 7) is 4.15. The number of hydrogen-bond acceptors (Lipinski definition) is 2. The Kier molecular flexibility index (Phi) is 7.11. The van der Waals surface area contributed by atoms with Gasteiger partial charge in [0.05, 0.1) is 17.1 Å². The summed E-state index contributed by atoms with van der Waals surface area (Å²) in [5.74, 6) is -0.395. The first-order chi connectivity index (χ1) is 15.9. The number of unbranched alkanes of at least 4 members (excludes halogenated alkanes) is 1. The molecule has 2 aromatic carbocycles. The van der Waals surface area contributed by atoms with Crippen molar-refractivity contribution in [3.8, 4) is 5.69 Å². The number of nitrogens with zero attached hydrogens (tertiary/aromatic N) is 3. The van der Waals surface area contributed by atoms with Gasteiger partial charge in [-0.15, -0.1) is 11.6 Å². The van der Waals surface area contributed by atoms with Gasteiger partial charge in [-0.3, -0.25) is 14.5 Å². The molecule has 172 valence electrons. The lowest BCUT2D eigenvalue weighted by molar-refractivity contribution is -0.134. The Morgan fingerprint density at radius 3 is 2.52 bits per heavy atom. The molecule has 0 radical (unpaired) electrons. The number of rotatable bonds is 7. The van der Waals surface area contributed by atoms with E-state index < -0.39 is 5.38 Å². The Hall–Kier alpha value is -2.76. The average molecular weight is 484 g/mol. The standard InChI is InChI=1S/C26H27Cl2N3O2/c1-3-4-14-29(26(33)18(2)27)17-24(32)31-22-12-6-5-11-21(22)30-15-8-13-23(30)25(31)19-9-7-10-20(28)16-19/h5-13,15-16,18,25H,3-4,14,17H2,1-2H3. The molecule has 33 heavy (non-hydrogen) atoms. The summed E-state index contributed by atoms with van der Waals surface area (Å²) in [4.78, 5) is 30.0. The van der Waals surface area contributed by atoms with Crippen LogP contribution >= 0.6 is 23.2 Å². The Morgan fingerprint density at radius 1 is 1.06 bits per heavy atom. The number of hydrogen-bond donors (Lipinski definition) is 0. The van der Waals surface area contributed by atoms with Crippen LogP contribution in [0, 0.1) is 0 Å². The molecular weight excluding hydrogens is 457 g/mol. The quantitative estimate of drug-likeness (QED) is 0.397. The normalized spacial score (nSPS) is 15.5. The molecule has 2 heterocycles. The van der Waals surface area contributed by atoms with Crippen molar-refractivity contribution in [1.29, 1.82) is 0 Å². The predicted molar refractivity (Wildman–Crippen MR) is 133 cm³/mol. The van der Waals surface area contributed by atoms with Gasteiger partial charge in [0, 0.05) is 17.8 Å². The number of anilines is 1. The summed E-state index contributed by atoms with van der Waals surface area (Å²) in [5, 5.41) is -0.0863. The van der Waals surface area contributed by atoms with E-state index in [1.54, 1.807) is 16.7 Å². The Bertz CT molecular complexity index is 1160. The number of halogens is 2. The number of para-hydroxylation sites is 2. The minimum atomic E-state index is -0.691. The van der Waals surface area contributed by atoms with Gasteiger partial charge in [0.15, 0.2) is 0 Å². The second-order valence-corrected chi connectivity index (χ2v) is 9.33. The summed E-state index contributed by atoms with van der Waals surface area (Å²) in [6, 6.07) is 19.0. The van der Waals surface area contributed by atoms with Crippen LogP contribution in [0.2, 0.25) is 5.02 Å². The number of aromatic nitrogens is 1. The van der Waals surface area contributed by atoms with Crippen molar-refractivity contribution in [3.05, 3.63) is 83.1 Å². The number of alkyl halides is 1. The van der Waals surface area contributed by atoms with Crippen LogP contribution in [-0.2, 0) is 9.59 Å². The number of amides is 2. The highest BCUT2D eigenvalue weighted by atomic mass is 35.5. The summed E-state index contributed by atoms with van der Waals surface area (Å²) in [5.41, 5.74) is 3.57. The second kappa shape index (κ2) is 10.0. The first kappa shape index (κ1) is 23.4. The molecule has 0 N–H and O–H groups in total. The van der Waals surface area contributed by atoms with Gasteiger partial charge in [0.1, 0.15) is 18.0 Å². The third kappa shape index (κ3) is 4.66. The Morgan fingerprint density at radius 2 is 1.82 bits per heavy atom. The lowest BCUT2D eigenvalue weighted by atomic mass is 9.97. The van der Waals surface area contributed by atoms with Gasteiger partial charge in [-0.1, -0.05) is 49.2 Å². The summed E-state index contributed by atoms with van der Waals surface area (Å²) in [7, 11) is 0. The zero-order valence-electron chi connectivity index (χ0n) is 18.7. The molecule has 0 saturated heterocycles. The molecule has 0 saturated carbocycles. The minimum Gasteiger partial charge on any atom is -0.332 e. The van der Waals surface area contributed by atoms with Gasteiger partial charge in [-0.25, -0.2) is 0 Å². The third-order valence-electron chi connectivity index (χ3n) is 5.91. The summed E-state index contributed by atoms with van der Waals surface area (Å²) >= 11 is 12.4. The first-order valence-corrected chi connectivity index (χ1v) is 12.0. The van der Waals surface area contributed by atoms with Gasteiger partial charge >= 0.3 is 0 Å². The molecule has 1 aliphatic rings. The van der Waals surface area contributed by atoms with Crippen LogP contribution in [0.5, 0.6) is 0 Å². The Labute approximate surface area is 204 Å². The fraction of sp³-hybridized carbons (Fsp3) is 0.308. The molecule has 2 unspecified atom stereocenters. The van der Waals surface area contributed by atoms with Crippen LogP contribution < -0.4 is 4.90 Å². The van der Waals surface area contributed by atoms with Gasteiger partial charge in [-0.2, -0.15) is 0 Å². The van der Waals surface area contributed by atoms with Gasteiger partial charge in [0.25, 0.3) is 0 Å². The van der Waals surface area contributed by atoms with E-state index in [0.29, 0.717) is 11.6 Å². The molecule has 1 aliphatic heterocycles. The zero-order valence-corrected chi connectivity index (χ0v) is 20.3. The monoisotopic (exact) mass is 483 g/mol. The lowest BCUT2D eigenvalue weighted by Crippen LogP contribution is -2.48. The molecule has 7 heteroatoms. The zero-order chi connectivity index (χ0) is 23.5. The highest BCUT2D eigenvalue weighted by molar-refractivity contribution is 6.31. The molecular formula is C26H27Cl2N3O2. The SMILES string of the molecule is CCCCN(CC(=O)N1c2ccccc2-n2cccc2C1c1cccc(Cl)c1)C(=O)C(C)Cl. The third-order valence-corrected chi connectivity index (χ3v) is 6.33. The average Bonchev–Trinajstić information content (AvgIpc) is 3.30. The molecule has 1 aromatic heterocycles. The van der Waals surface area contributed by atoms with Crippen molar-refractivity contribution in [3.63, 3.8) is 0 Å². The van der Waals surface area contributed by atoms with Crippen molar-refractivity contribution in [2.24, 2.45) is 0 Å². The predicted octanol–water partition coefficient (Wildman–Crippen LogP) is 5.82. The molecule has 0 bridgehead atoms. The largest absolute Gasteiger partial charge is 0.332 e. The smallest absolute Gasteiger partial charge is 0.247 e. The van der Waals surface area contributed by atoms with Crippen LogP contribution in [0.25, 0.3) is 5.69 Å². The molecule has 0 aliphatic carbocycles. The van der Waals surface area contributed by atoms with Crippen molar-refractivity contribution >= 4 is 40.7 Å². The van der Waals surface area contributed by atoms with E-state index in [0.717, 1.165) is 35.5 Å². The molecule has 3 aromatic rings. The van der Waals surface area contributed by atoms with Crippen molar-refractivity contribution in [2.75, 3.05) is 18.0 Å². The van der Waals surface area contributed by atoms with Gasteiger partial charge < -0.3 is 9.47 Å². The van der Waals surface area contributed by atoms with Crippen molar-refractivity contribution in [2.45, 2.75) is 38.1 Å². The maximum Gasteiger partial charge on any atom is 0.247 e. The van der Waals surface area contributed by atoms with E-state index in [9.17, 15) is 9.59 Å². The molecule has 2 atom stereocenters. The van der Waals surface area contributed by atoms with Crippen LogP contribution in [0.4, 0.5) is 5.69 Å². The molecule has 5 nitrogen and oxygen atoms in total. The number of benzene rings is 2. The fourth-order valence-corrected chi connectivity index (χ4v) is 4.70. The molecule has 2 amide bonds. The number of fused-ring (bicyclic) bond motifs is 3. The lowest BCUT2D eigenvalue weighted by Gasteiger charge is -2.39. The highest BCUT2D eigenvalue weighted by Gasteiger charge is 2.37. The van der Waals surface area contributed by atoms with Crippen molar-refractivity contribution in [1.82, 2.24) is 9.47 Å². The number of carbonyl (C=O) groups is 2. The first-order valence-electron chi connectivity index (χ1n) is 11.2. The van der Waals surface area contributed by atoms with Crippen LogP contribution in [0.3, 0.4) is 0 Å². The summed E-state index contributed by atoms with van der Waals surface area (Å²) in [6.07, 6.45) is 3.72. The molecule has 4 rings (SSSR count). The van der Waals surface area contributed by atoms with Gasteiger partial charge in [-0.05, 0) is 55.3 Å². The van der Waals surface area contributed by atoms with E-state index >= 15 is 0 Å². The maximum atomic E-state index is 13.9. The van der Waals surface area contributed by atoms with E-state index in [1.165, 1.54) is 0 Å². The van der Waals surface area contributed by atoms with Crippen LogP contribution in [0.1, 0.15) is 44.0 Å². The fourth-order valence-electron chi connectivity index (χ4n) is 4.36. The number of carbonyl (C=O) groups excluding carboxylic acids is 2. The highest BCUT2D eigenvalue weighted by Crippen LogP contribution is 2.42. The van der Waals surface area contributed by atoms with Crippen LogP contribution in [-0.4, -0.2) is 39.7 Å². The maximum absolute atomic E-state index is 13.9.